The van der Waals surface area contributed by atoms with Gasteiger partial charge in [-0.3, -0.25) is 48.0 Å². The van der Waals surface area contributed by atoms with Crippen LogP contribution in [0.5, 0.6) is 0 Å². The largest absolute Gasteiger partial charge is 0.377 e. The topological polar surface area (TPSA) is 258 Å². The first-order chi connectivity index (χ1) is 40.9. The number of carbonyl (C=O) groups excluding carboxylic acids is 7. The third-order valence-electron chi connectivity index (χ3n) is 14.8. The lowest BCUT2D eigenvalue weighted by Gasteiger charge is -2.35. The Hall–Kier alpha value is -7.75. The lowest BCUT2D eigenvalue weighted by atomic mass is 9.85. The molecule has 0 unspecified atom stereocenters. The van der Waals surface area contributed by atoms with E-state index in [1.807, 2.05) is 93.2 Å². The fraction of sp³-hybridized carbons (Fsp3) is 0.468. The Balaban J connectivity index is 0.727. The van der Waals surface area contributed by atoms with Crippen molar-refractivity contribution in [1.29, 1.82) is 0 Å². The van der Waals surface area contributed by atoms with Gasteiger partial charge in [-0.1, -0.05) is 75.4 Å². The van der Waals surface area contributed by atoms with Crippen molar-refractivity contribution in [1.82, 2.24) is 50.8 Å². The summed E-state index contributed by atoms with van der Waals surface area (Å²) in [5, 5.41) is 21.5. The highest BCUT2D eigenvalue weighted by Crippen LogP contribution is 2.40. The number of benzene rings is 2. The van der Waals surface area contributed by atoms with Crippen LogP contribution in [0.25, 0.3) is 15.4 Å². The number of thiophene rings is 1. The van der Waals surface area contributed by atoms with Gasteiger partial charge < -0.3 is 40.4 Å². The smallest absolute Gasteiger partial charge is 0.253 e. The number of hydrogen-bond acceptors (Lipinski definition) is 16. The third kappa shape index (κ3) is 16.8. The van der Waals surface area contributed by atoms with Crippen molar-refractivity contribution in [3.63, 3.8) is 0 Å². The van der Waals surface area contributed by atoms with E-state index in [1.165, 1.54) is 17.1 Å². The molecule has 3 aromatic heterocycles. The van der Waals surface area contributed by atoms with Crippen LogP contribution in [0.1, 0.15) is 122 Å². The molecule has 85 heavy (non-hydrogen) atoms. The van der Waals surface area contributed by atoms with Crippen molar-refractivity contribution < 1.29 is 47.8 Å². The molecule has 3 aliphatic rings. The van der Waals surface area contributed by atoms with Gasteiger partial charge in [0.05, 0.1) is 67.8 Å². The molecule has 6 heterocycles. The number of fused-ring (bicyclic) bond motifs is 3. The van der Waals surface area contributed by atoms with Crippen molar-refractivity contribution >= 4 is 69.7 Å². The number of hydrogen-bond donors (Lipinski definition) is 4. The second-order valence-corrected chi connectivity index (χ2v) is 24.2. The van der Waals surface area contributed by atoms with Gasteiger partial charge in [0.15, 0.2) is 5.82 Å². The van der Waals surface area contributed by atoms with Gasteiger partial charge in [-0.25, -0.2) is 4.98 Å². The normalized spacial score (nSPS) is 15.8. The predicted octanol–water partition coefficient (Wildman–Crippen LogP) is 5.93. The molecule has 0 saturated carbocycles. The molecular weight excluding hydrogens is 1120 g/mol. The minimum atomic E-state index is -0.880. The highest BCUT2D eigenvalue weighted by molar-refractivity contribution is 7.15. The molecule has 7 amide bonds. The molecule has 4 N–H and O–H groups in total. The molecule has 0 aliphatic carbocycles. The zero-order chi connectivity index (χ0) is 60.6. The molecule has 0 bridgehead atoms. The SMILES string of the molecule is Cc1ncsc1-c1ccc(CNC(=O)[C@@H]2CCCN2C(=O)[C@@H](NC(=O)COCCOCCOCCNC(=O)C[C@@H]2N=C(c3ccc(C#CCNC(=O)CCCCCN4C(=O)C=CC4=O)cc3)c3c(sc(C)c3C)-n3c(C)nnc32)C(C)(C)C)cc1. The minimum absolute atomic E-state index is 0.0142. The van der Waals surface area contributed by atoms with Crippen LogP contribution >= 0.6 is 22.7 Å². The van der Waals surface area contributed by atoms with Gasteiger partial charge in [-0.15, -0.1) is 32.9 Å². The van der Waals surface area contributed by atoms with Gasteiger partial charge in [0.25, 0.3) is 11.8 Å². The van der Waals surface area contributed by atoms with E-state index in [0.717, 1.165) is 59.5 Å². The standard InChI is InChI=1S/C62H75N11O10S2/c1-39-41(3)85-61-54(39)55(45-20-16-43(17-21-45)13-11-26-63-49(74)15-9-8-10-28-72-52(77)24-25-53(72)78)67-47(58-70-69-42(4)73(58)61)35-50(75)64-27-30-81-31-32-82-33-34-83-37-51(76)68-57(62(5,6)7)60(80)71-29-12-14-48(71)59(79)65-36-44-18-22-46(23-19-44)56-40(2)66-38-84-56/h16-25,38,47-48,57H,8-10,12,14-15,26-37H2,1-7H3,(H,63,74)(H,64,75)(H,65,79)(H,68,76)/t47-,48-,57+/m0/s1. The van der Waals surface area contributed by atoms with E-state index in [-0.39, 0.29) is 94.6 Å². The second kappa shape index (κ2) is 29.9. The van der Waals surface area contributed by atoms with Gasteiger partial charge in [0, 0.05) is 66.3 Å². The predicted molar refractivity (Wildman–Crippen MR) is 323 cm³/mol. The van der Waals surface area contributed by atoms with Crippen LogP contribution < -0.4 is 21.3 Å². The first kappa shape index (κ1) is 63.3. The number of rotatable bonds is 27. The number of carbonyl (C=O) groups is 7. The summed E-state index contributed by atoms with van der Waals surface area (Å²) in [6.45, 7) is 16.0. The molecule has 21 nitrogen and oxygen atoms in total. The van der Waals surface area contributed by atoms with E-state index in [9.17, 15) is 33.6 Å². The number of aromatic nitrogens is 4. The average molecular weight is 1200 g/mol. The Morgan fingerprint density at radius 2 is 1.51 bits per heavy atom. The Bertz CT molecular complexity index is 3330. The van der Waals surface area contributed by atoms with E-state index < -0.39 is 29.4 Å². The summed E-state index contributed by atoms with van der Waals surface area (Å²) in [5.41, 5.74) is 8.51. The van der Waals surface area contributed by atoms with Crippen LogP contribution in [-0.2, 0) is 54.3 Å². The molecule has 0 radical (unpaired) electrons. The lowest BCUT2D eigenvalue weighted by Crippen LogP contribution is -2.58. The number of likely N-dealkylation sites (tertiary alicyclic amines) is 1. The van der Waals surface area contributed by atoms with Crippen LogP contribution in [0.2, 0.25) is 0 Å². The number of thiazole rings is 1. The summed E-state index contributed by atoms with van der Waals surface area (Å²) in [7, 11) is 0. The van der Waals surface area contributed by atoms with Gasteiger partial charge in [0.2, 0.25) is 29.5 Å². The molecule has 2 aromatic carbocycles. The molecule has 5 aromatic rings. The number of nitrogens with one attached hydrogen (secondary N) is 4. The van der Waals surface area contributed by atoms with E-state index in [2.05, 4.69) is 62.1 Å². The fourth-order valence-electron chi connectivity index (χ4n) is 10.1. The Morgan fingerprint density at radius 1 is 0.800 bits per heavy atom. The molecule has 3 atom stereocenters. The Morgan fingerprint density at radius 3 is 2.21 bits per heavy atom. The lowest BCUT2D eigenvalue weighted by molar-refractivity contribution is -0.144. The van der Waals surface area contributed by atoms with Crippen molar-refractivity contribution in [3.8, 4) is 27.3 Å². The summed E-state index contributed by atoms with van der Waals surface area (Å²) >= 11 is 3.21. The number of aryl methyl sites for hydroxylation is 3. The molecule has 8 rings (SSSR count). The van der Waals surface area contributed by atoms with Gasteiger partial charge in [0.1, 0.15) is 35.6 Å². The van der Waals surface area contributed by atoms with E-state index in [0.29, 0.717) is 69.8 Å². The quantitative estimate of drug-likeness (QED) is 0.0271. The second-order valence-electron chi connectivity index (χ2n) is 22.1. The number of unbranched alkanes of at least 4 members (excludes halogenated alkanes) is 2. The van der Waals surface area contributed by atoms with Crippen LogP contribution in [0.4, 0.5) is 0 Å². The first-order valence-electron chi connectivity index (χ1n) is 28.7. The first-order valence-corrected chi connectivity index (χ1v) is 30.4. The third-order valence-corrected chi connectivity index (χ3v) is 17.0. The number of aliphatic imine (C=N–C) groups is 1. The van der Waals surface area contributed by atoms with E-state index >= 15 is 0 Å². The molecule has 1 fully saturated rings. The van der Waals surface area contributed by atoms with Gasteiger partial charge in [-0.2, -0.15) is 0 Å². The molecule has 3 aliphatic heterocycles. The maximum atomic E-state index is 14.0. The van der Waals surface area contributed by atoms with Crippen LogP contribution in [0.15, 0.2) is 71.2 Å². The van der Waals surface area contributed by atoms with Crippen molar-refractivity contribution in [2.75, 3.05) is 65.8 Å². The number of nitrogens with zero attached hydrogens (tertiary/aromatic N) is 7. The maximum Gasteiger partial charge on any atom is 0.253 e. The van der Waals surface area contributed by atoms with Crippen molar-refractivity contribution in [2.45, 2.75) is 118 Å². The zero-order valence-corrected chi connectivity index (χ0v) is 51.0. The van der Waals surface area contributed by atoms with E-state index in [4.69, 9.17) is 19.2 Å². The fourth-order valence-corrected chi connectivity index (χ4v) is 12.1. The van der Waals surface area contributed by atoms with E-state index in [1.54, 1.807) is 27.6 Å². The summed E-state index contributed by atoms with van der Waals surface area (Å²) < 4.78 is 19.0. The van der Waals surface area contributed by atoms with Crippen molar-refractivity contribution in [2.24, 2.45) is 10.4 Å². The summed E-state index contributed by atoms with van der Waals surface area (Å²) in [4.78, 5) is 105. The Labute approximate surface area is 503 Å². The Kier molecular flexibility index (Phi) is 22.2. The van der Waals surface area contributed by atoms with Crippen molar-refractivity contribution in [3.05, 3.63) is 116 Å². The van der Waals surface area contributed by atoms with Crippen LogP contribution in [0, 0.1) is 45.0 Å². The zero-order valence-electron chi connectivity index (χ0n) is 49.3. The average Bonchev–Trinajstić information content (AvgIpc) is 3.42. The molecule has 23 heteroatoms. The monoisotopic (exact) mass is 1200 g/mol. The highest BCUT2D eigenvalue weighted by Gasteiger charge is 2.42. The molecule has 1 saturated heterocycles. The van der Waals surface area contributed by atoms with Crippen LogP contribution in [0.3, 0.4) is 0 Å². The van der Waals surface area contributed by atoms with Crippen LogP contribution in [-0.4, -0.2) is 155 Å². The van der Waals surface area contributed by atoms with Gasteiger partial charge in [-0.05, 0) is 87.6 Å². The molecule has 450 valence electrons. The number of imide groups is 1. The summed E-state index contributed by atoms with van der Waals surface area (Å²) in [6.07, 6.45) is 6.06. The molecular formula is C62H75N11O10S2. The summed E-state index contributed by atoms with van der Waals surface area (Å²) in [5.74, 6) is 5.45. The van der Waals surface area contributed by atoms with Gasteiger partial charge >= 0.3 is 0 Å². The number of amides is 7. The summed E-state index contributed by atoms with van der Waals surface area (Å²) in [6, 6.07) is 13.5. The maximum absolute atomic E-state index is 14.0. The highest BCUT2D eigenvalue weighted by atomic mass is 32.1. The minimum Gasteiger partial charge on any atom is -0.377 e. The molecule has 0 spiro atoms. The number of ether oxygens (including phenoxy) is 3.